The number of nitro groups is 1. The molecule has 0 saturated heterocycles. The SMILES string of the molecule is CCc1cc(C(C)=O)nc2cc(-c3ccc([N+](=O)[O-])cc3)nn12. The lowest BCUT2D eigenvalue weighted by Gasteiger charge is -2.03. The van der Waals surface area contributed by atoms with E-state index in [9.17, 15) is 14.9 Å². The van der Waals surface area contributed by atoms with E-state index in [1.807, 2.05) is 6.92 Å². The van der Waals surface area contributed by atoms with Crippen molar-refractivity contribution in [1.82, 2.24) is 14.6 Å². The fraction of sp³-hybridized carbons (Fsp3) is 0.188. The van der Waals surface area contributed by atoms with Gasteiger partial charge in [0.2, 0.25) is 0 Å². The van der Waals surface area contributed by atoms with Gasteiger partial charge in [-0.1, -0.05) is 6.92 Å². The summed E-state index contributed by atoms with van der Waals surface area (Å²) in [5, 5.41) is 15.2. The van der Waals surface area contributed by atoms with Crippen molar-refractivity contribution in [3.8, 4) is 11.3 Å². The number of hydrogen-bond donors (Lipinski definition) is 0. The summed E-state index contributed by atoms with van der Waals surface area (Å²) in [5.41, 5.74) is 3.32. The minimum Gasteiger partial charge on any atom is -0.293 e. The van der Waals surface area contributed by atoms with Crippen LogP contribution in [0.5, 0.6) is 0 Å². The van der Waals surface area contributed by atoms with E-state index in [-0.39, 0.29) is 11.5 Å². The van der Waals surface area contributed by atoms with Gasteiger partial charge < -0.3 is 0 Å². The fourth-order valence-electron chi connectivity index (χ4n) is 2.36. The lowest BCUT2D eigenvalue weighted by Crippen LogP contribution is -2.05. The zero-order valence-corrected chi connectivity index (χ0v) is 12.7. The Morgan fingerprint density at radius 2 is 1.96 bits per heavy atom. The third kappa shape index (κ3) is 2.68. The largest absolute Gasteiger partial charge is 0.293 e. The summed E-state index contributed by atoms with van der Waals surface area (Å²) in [6, 6.07) is 9.69. The van der Waals surface area contributed by atoms with Crippen LogP contribution in [0, 0.1) is 10.1 Å². The van der Waals surface area contributed by atoms with Crippen LogP contribution in [0.3, 0.4) is 0 Å². The van der Waals surface area contributed by atoms with Gasteiger partial charge in [-0.3, -0.25) is 14.9 Å². The molecule has 2 aromatic heterocycles. The number of benzene rings is 1. The van der Waals surface area contributed by atoms with Crippen LogP contribution in [0.15, 0.2) is 36.4 Å². The van der Waals surface area contributed by atoms with E-state index in [0.29, 0.717) is 23.5 Å². The normalized spacial score (nSPS) is 10.9. The van der Waals surface area contributed by atoms with Crippen LogP contribution in [0.25, 0.3) is 16.9 Å². The van der Waals surface area contributed by atoms with Crippen LogP contribution in [0.4, 0.5) is 5.69 Å². The summed E-state index contributed by atoms with van der Waals surface area (Å²) >= 11 is 0. The van der Waals surface area contributed by atoms with Crippen molar-refractivity contribution in [3.05, 3.63) is 57.9 Å². The third-order valence-corrected chi connectivity index (χ3v) is 3.60. The molecule has 0 bridgehead atoms. The molecule has 0 aliphatic carbocycles. The summed E-state index contributed by atoms with van der Waals surface area (Å²) in [7, 11) is 0. The van der Waals surface area contributed by atoms with Gasteiger partial charge in [0.05, 0.1) is 10.6 Å². The fourth-order valence-corrected chi connectivity index (χ4v) is 2.36. The van der Waals surface area contributed by atoms with Crippen molar-refractivity contribution in [3.63, 3.8) is 0 Å². The van der Waals surface area contributed by atoms with Crippen molar-refractivity contribution < 1.29 is 9.72 Å². The minimum atomic E-state index is -0.441. The first-order chi connectivity index (χ1) is 11.0. The van der Waals surface area contributed by atoms with E-state index in [0.717, 1.165) is 11.3 Å². The number of hydrogen-bond acceptors (Lipinski definition) is 5. The van der Waals surface area contributed by atoms with Crippen LogP contribution in [-0.2, 0) is 6.42 Å². The Morgan fingerprint density at radius 1 is 1.26 bits per heavy atom. The molecule has 3 aromatic rings. The highest BCUT2D eigenvalue weighted by molar-refractivity contribution is 5.92. The van der Waals surface area contributed by atoms with Crippen LogP contribution in [0.2, 0.25) is 0 Å². The number of aromatic nitrogens is 3. The zero-order chi connectivity index (χ0) is 16.6. The predicted octanol–water partition coefficient (Wildman–Crippen LogP) is 3.07. The maximum absolute atomic E-state index is 11.6. The summed E-state index contributed by atoms with van der Waals surface area (Å²) in [4.78, 5) is 26.2. The molecule has 0 atom stereocenters. The van der Waals surface area contributed by atoms with Crippen LogP contribution in [-0.4, -0.2) is 25.3 Å². The standard InChI is InChI=1S/C16H14N4O3/c1-3-12-8-14(10(2)21)17-16-9-15(18-19(12)16)11-4-6-13(7-5-11)20(22)23/h4-9H,3H2,1-2H3. The average molecular weight is 310 g/mol. The second-order valence-electron chi connectivity index (χ2n) is 5.15. The van der Waals surface area contributed by atoms with Crippen LogP contribution >= 0.6 is 0 Å². The number of nitrogens with zero attached hydrogens (tertiary/aromatic N) is 4. The van der Waals surface area contributed by atoms with Crippen molar-refractivity contribution in [2.75, 3.05) is 0 Å². The molecule has 23 heavy (non-hydrogen) atoms. The highest BCUT2D eigenvalue weighted by Crippen LogP contribution is 2.23. The maximum atomic E-state index is 11.6. The third-order valence-electron chi connectivity index (χ3n) is 3.60. The highest BCUT2D eigenvalue weighted by Gasteiger charge is 2.13. The molecule has 0 N–H and O–H groups in total. The van der Waals surface area contributed by atoms with Crippen molar-refractivity contribution in [2.45, 2.75) is 20.3 Å². The van der Waals surface area contributed by atoms with Crippen LogP contribution in [0.1, 0.15) is 30.0 Å². The Labute approximate surface area is 131 Å². The summed E-state index contributed by atoms with van der Waals surface area (Å²) in [6.07, 6.45) is 0.709. The lowest BCUT2D eigenvalue weighted by molar-refractivity contribution is -0.384. The average Bonchev–Trinajstić information content (AvgIpc) is 2.97. The van der Waals surface area contributed by atoms with Gasteiger partial charge in [0.25, 0.3) is 5.69 Å². The van der Waals surface area contributed by atoms with Gasteiger partial charge in [-0.2, -0.15) is 5.10 Å². The molecule has 1 aromatic carbocycles. The smallest absolute Gasteiger partial charge is 0.269 e. The van der Waals surface area contributed by atoms with Gasteiger partial charge >= 0.3 is 0 Å². The first kappa shape index (κ1) is 14.8. The summed E-state index contributed by atoms with van der Waals surface area (Å²) in [6.45, 7) is 3.46. The molecule has 0 radical (unpaired) electrons. The van der Waals surface area contributed by atoms with Gasteiger partial charge in [-0.05, 0) is 24.6 Å². The molecule has 7 nitrogen and oxygen atoms in total. The Kier molecular flexibility index (Phi) is 3.61. The first-order valence-corrected chi connectivity index (χ1v) is 7.15. The van der Waals surface area contributed by atoms with Crippen molar-refractivity contribution >= 4 is 17.1 Å². The monoisotopic (exact) mass is 310 g/mol. The molecule has 116 valence electrons. The van der Waals surface area contributed by atoms with Crippen LogP contribution < -0.4 is 0 Å². The Balaban J connectivity index is 2.12. The molecular weight excluding hydrogens is 296 g/mol. The van der Waals surface area contributed by atoms with E-state index in [1.54, 1.807) is 28.8 Å². The number of ketones is 1. The quantitative estimate of drug-likeness (QED) is 0.419. The molecule has 0 spiro atoms. The second-order valence-corrected chi connectivity index (χ2v) is 5.15. The number of aryl methyl sites for hydroxylation is 1. The Morgan fingerprint density at radius 3 is 2.52 bits per heavy atom. The van der Waals surface area contributed by atoms with Gasteiger partial charge in [0.15, 0.2) is 11.4 Å². The molecular formula is C16H14N4O3. The number of Topliss-reactive ketones (excluding diaryl/α,β-unsaturated/α-hetero) is 1. The first-order valence-electron chi connectivity index (χ1n) is 7.15. The Bertz CT molecular complexity index is 913. The topological polar surface area (TPSA) is 90.4 Å². The zero-order valence-electron chi connectivity index (χ0n) is 12.7. The van der Waals surface area contributed by atoms with Crippen molar-refractivity contribution in [2.24, 2.45) is 0 Å². The molecule has 0 fully saturated rings. The van der Waals surface area contributed by atoms with E-state index in [1.165, 1.54) is 19.1 Å². The predicted molar refractivity (Wildman–Crippen MR) is 84.5 cm³/mol. The minimum absolute atomic E-state index is 0.0313. The molecule has 0 aliphatic rings. The molecule has 0 aliphatic heterocycles. The molecule has 0 saturated carbocycles. The van der Waals surface area contributed by atoms with Gasteiger partial charge in [0.1, 0.15) is 5.69 Å². The number of carbonyl (C=O) groups is 1. The molecule has 7 heteroatoms. The molecule has 0 amide bonds. The summed E-state index contributed by atoms with van der Waals surface area (Å²) < 4.78 is 1.70. The molecule has 2 heterocycles. The Hall–Kier alpha value is -3.09. The number of nitro benzene ring substituents is 1. The number of rotatable bonds is 4. The molecule has 3 rings (SSSR count). The number of non-ortho nitro benzene ring substituents is 1. The van der Waals surface area contributed by atoms with Crippen molar-refractivity contribution in [1.29, 1.82) is 0 Å². The lowest BCUT2D eigenvalue weighted by atomic mass is 10.1. The summed E-state index contributed by atoms with van der Waals surface area (Å²) in [5.74, 6) is -0.0970. The van der Waals surface area contributed by atoms with Gasteiger partial charge in [-0.25, -0.2) is 9.50 Å². The number of fused-ring (bicyclic) bond motifs is 1. The van der Waals surface area contributed by atoms with E-state index in [2.05, 4.69) is 10.1 Å². The van der Waals surface area contributed by atoms with Gasteiger partial charge in [-0.15, -0.1) is 0 Å². The maximum Gasteiger partial charge on any atom is 0.269 e. The van der Waals surface area contributed by atoms with Gasteiger partial charge in [0, 0.05) is 36.4 Å². The van der Waals surface area contributed by atoms with E-state index >= 15 is 0 Å². The second kappa shape index (κ2) is 5.60. The van der Waals surface area contributed by atoms with E-state index < -0.39 is 4.92 Å². The highest BCUT2D eigenvalue weighted by atomic mass is 16.6. The number of carbonyl (C=O) groups excluding carboxylic acids is 1. The molecule has 0 unspecified atom stereocenters. The van der Waals surface area contributed by atoms with E-state index in [4.69, 9.17) is 0 Å².